The average Bonchev–Trinajstić information content (AvgIpc) is 3.09. The van der Waals surface area contributed by atoms with E-state index >= 15 is 0 Å². The number of amides is 1. The molecule has 34 heavy (non-hydrogen) atoms. The Bertz CT molecular complexity index is 1500. The fourth-order valence-electron chi connectivity index (χ4n) is 4.21. The van der Waals surface area contributed by atoms with E-state index in [2.05, 4.69) is 0 Å². The number of aliphatic hydroxyl groups excluding tert-OH is 1. The second-order valence-corrected chi connectivity index (χ2v) is 7.88. The molecule has 1 fully saturated rings. The maximum absolute atomic E-state index is 14.7. The Morgan fingerprint density at radius 1 is 0.765 bits per heavy atom. The van der Waals surface area contributed by atoms with Gasteiger partial charge in [-0.3, -0.25) is 14.5 Å². The van der Waals surface area contributed by atoms with Crippen molar-refractivity contribution in [2.24, 2.45) is 0 Å². The first-order valence-corrected chi connectivity index (χ1v) is 10.4. The molecule has 1 aliphatic heterocycles. The lowest BCUT2D eigenvalue weighted by Crippen LogP contribution is -2.30. The van der Waals surface area contributed by atoms with Crippen LogP contribution in [0.5, 0.6) is 0 Å². The molecule has 0 spiro atoms. The van der Waals surface area contributed by atoms with Gasteiger partial charge in [-0.15, -0.1) is 0 Å². The van der Waals surface area contributed by atoms with E-state index in [9.17, 15) is 27.9 Å². The van der Waals surface area contributed by atoms with Gasteiger partial charge in [-0.25, -0.2) is 13.2 Å². The van der Waals surface area contributed by atoms with E-state index in [0.29, 0.717) is 6.07 Å². The van der Waals surface area contributed by atoms with Gasteiger partial charge in [0.05, 0.1) is 17.3 Å². The topological polar surface area (TPSA) is 57.6 Å². The number of hydrogen-bond acceptors (Lipinski definition) is 3. The minimum absolute atomic E-state index is 0.270. The quantitative estimate of drug-likeness (QED) is 0.236. The molecule has 5 rings (SSSR count). The number of hydrogen-bond donors (Lipinski definition) is 1. The summed E-state index contributed by atoms with van der Waals surface area (Å²) < 4.78 is 41.8. The van der Waals surface area contributed by atoms with Gasteiger partial charge in [-0.2, -0.15) is 0 Å². The Morgan fingerprint density at radius 2 is 1.44 bits per heavy atom. The Labute approximate surface area is 192 Å². The van der Waals surface area contributed by atoms with Crippen molar-refractivity contribution in [1.29, 1.82) is 0 Å². The van der Waals surface area contributed by atoms with Crippen molar-refractivity contribution in [1.82, 2.24) is 0 Å². The van der Waals surface area contributed by atoms with Crippen molar-refractivity contribution >= 4 is 33.9 Å². The summed E-state index contributed by atoms with van der Waals surface area (Å²) in [6, 6.07) is 18.7. The van der Waals surface area contributed by atoms with Crippen molar-refractivity contribution in [3.63, 3.8) is 0 Å². The molecule has 1 heterocycles. The zero-order valence-corrected chi connectivity index (χ0v) is 17.5. The summed E-state index contributed by atoms with van der Waals surface area (Å²) in [4.78, 5) is 27.0. The van der Waals surface area contributed by atoms with Crippen molar-refractivity contribution in [2.45, 2.75) is 6.04 Å². The van der Waals surface area contributed by atoms with Gasteiger partial charge < -0.3 is 5.11 Å². The summed E-state index contributed by atoms with van der Waals surface area (Å²) in [5.41, 5.74) is -0.0685. The summed E-state index contributed by atoms with van der Waals surface area (Å²) >= 11 is 0. The van der Waals surface area contributed by atoms with E-state index in [4.69, 9.17) is 0 Å². The predicted molar refractivity (Wildman–Crippen MR) is 121 cm³/mol. The highest BCUT2D eigenvalue weighted by atomic mass is 19.1. The maximum Gasteiger partial charge on any atom is 0.300 e. The van der Waals surface area contributed by atoms with Crippen LogP contribution in [0.15, 0.2) is 90.5 Å². The van der Waals surface area contributed by atoms with Gasteiger partial charge in [0.25, 0.3) is 11.7 Å². The Balaban J connectivity index is 1.74. The molecule has 1 aliphatic rings. The third-order valence-electron chi connectivity index (χ3n) is 5.82. The first-order valence-electron chi connectivity index (χ1n) is 10.4. The van der Waals surface area contributed by atoms with Gasteiger partial charge in [-0.05, 0) is 46.7 Å². The standard InChI is InChI=1S/C27H16F3NO3/c28-19-9-7-16(8-10-19)24-23(25(32)18-6-5-15-3-1-2-4-17(15)13-18)26(33)27(34)31(24)22-12-11-20(29)14-21(22)30/h1-14,24,32H/b25-23-. The minimum atomic E-state index is -1.26. The van der Waals surface area contributed by atoms with Crippen LogP contribution < -0.4 is 4.90 Å². The van der Waals surface area contributed by atoms with Gasteiger partial charge in [0.15, 0.2) is 0 Å². The molecular weight excluding hydrogens is 443 g/mol. The van der Waals surface area contributed by atoms with Crippen molar-refractivity contribution < 1.29 is 27.9 Å². The highest BCUT2D eigenvalue weighted by Crippen LogP contribution is 2.43. The van der Waals surface area contributed by atoms with Crippen molar-refractivity contribution in [2.75, 3.05) is 4.90 Å². The Morgan fingerprint density at radius 3 is 2.15 bits per heavy atom. The number of ketones is 1. The maximum atomic E-state index is 14.7. The molecule has 0 bridgehead atoms. The second-order valence-electron chi connectivity index (χ2n) is 7.88. The fraction of sp³-hybridized carbons (Fsp3) is 0.0370. The molecule has 1 unspecified atom stereocenters. The zero-order chi connectivity index (χ0) is 24.0. The van der Waals surface area contributed by atoms with Crippen LogP contribution in [0, 0.1) is 17.5 Å². The van der Waals surface area contributed by atoms with Crippen LogP contribution in [0.1, 0.15) is 17.2 Å². The van der Waals surface area contributed by atoms with Crippen LogP contribution in [-0.2, 0) is 9.59 Å². The average molecular weight is 459 g/mol. The summed E-state index contributed by atoms with van der Waals surface area (Å²) in [7, 11) is 0. The number of nitrogens with zero attached hydrogens (tertiary/aromatic N) is 1. The number of benzene rings is 4. The molecule has 168 valence electrons. The number of anilines is 1. The third-order valence-corrected chi connectivity index (χ3v) is 5.82. The highest BCUT2D eigenvalue weighted by Gasteiger charge is 2.47. The monoisotopic (exact) mass is 459 g/mol. The normalized spacial score (nSPS) is 17.5. The summed E-state index contributed by atoms with van der Waals surface area (Å²) in [5.74, 6) is -5.05. The van der Waals surface area contributed by atoms with E-state index in [-0.39, 0.29) is 22.4 Å². The van der Waals surface area contributed by atoms with Crippen LogP contribution in [0.4, 0.5) is 18.9 Å². The number of carbonyl (C=O) groups is 2. The smallest absolute Gasteiger partial charge is 0.300 e. The summed E-state index contributed by atoms with van der Waals surface area (Å²) in [6.07, 6.45) is 0. The van der Waals surface area contributed by atoms with Gasteiger partial charge in [-0.1, -0.05) is 48.5 Å². The molecule has 0 aliphatic carbocycles. The Hall–Kier alpha value is -4.39. The van der Waals surface area contributed by atoms with Gasteiger partial charge in [0.1, 0.15) is 23.2 Å². The number of rotatable bonds is 3. The third kappa shape index (κ3) is 3.51. The van der Waals surface area contributed by atoms with Crippen LogP contribution in [0.3, 0.4) is 0 Å². The van der Waals surface area contributed by atoms with E-state index < -0.39 is 40.9 Å². The van der Waals surface area contributed by atoms with E-state index in [1.165, 1.54) is 12.1 Å². The van der Waals surface area contributed by atoms with Gasteiger partial charge in [0.2, 0.25) is 0 Å². The number of halogens is 3. The first kappa shape index (κ1) is 21.5. The zero-order valence-electron chi connectivity index (χ0n) is 17.5. The SMILES string of the molecule is O=C1C(=O)N(c2ccc(F)cc2F)C(c2ccc(F)cc2)/C1=C(/O)c1ccc2ccccc2c1. The molecule has 0 radical (unpaired) electrons. The number of aliphatic hydroxyl groups is 1. The molecule has 4 aromatic carbocycles. The summed E-state index contributed by atoms with van der Waals surface area (Å²) in [5, 5.41) is 12.9. The molecular formula is C27H16F3NO3. The molecule has 4 nitrogen and oxygen atoms in total. The fourth-order valence-corrected chi connectivity index (χ4v) is 4.21. The van der Waals surface area contributed by atoms with E-state index in [1.54, 1.807) is 18.2 Å². The molecule has 0 aromatic heterocycles. The highest BCUT2D eigenvalue weighted by molar-refractivity contribution is 6.51. The van der Waals surface area contributed by atoms with Crippen LogP contribution in [0.25, 0.3) is 16.5 Å². The molecule has 1 amide bonds. The van der Waals surface area contributed by atoms with E-state index in [0.717, 1.165) is 39.9 Å². The molecule has 4 aromatic rings. The van der Waals surface area contributed by atoms with Gasteiger partial charge in [0, 0.05) is 11.6 Å². The van der Waals surface area contributed by atoms with Gasteiger partial charge >= 0.3 is 0 Å². The lowest BCUT2D eigenvalue weighted by atomic mass is 9.94. The van der Waals surface area contributed by atoms with Crippen molar-refractivity contribution in [3.05, 3.63) is 119 Å². The van der Waals surface area contributed by atoms with Crippen LogP contribution in [0.2, 0.25) is 0 Å². The molecule has 1 N–H and O–H groups in total. The number of carbonyl (C=O) groups excluding carboxylic acids is 2. The lowest BCUT2D eigenvalue weighted by Gasteiger charge is -2.25. The minimum Gasteiger partial charge on any atom is -0.507 e. The molecule has 1 atom stereocenters. The van der Waals surface area contributed by atoms with Crippen LogP contribution in [-0.4, -0.2) is 16.8 Å². The number of Topliss-reactive ketones (excluding diaryl/α,β-unsaturated/α-hetero) is 1. The molecule has 0 saturated carbocycles. The summed E-state index contributed by atoms with van der Waals surface area (Å²) in [6.45, 7) is 0. The first-order chi connectivity index (χ1) is 16.3. The second kappa shape index (κ2) is 8.19. The largest absolute Gasteiger partial charge is 0.507 e. The number of fused-ring (bicyclic) bond motifs is 1. The van der Waals surface area contributed by atoms with Crippen LogP contribution >= 0.6 is 0 Å². The predicted octanol–water partition coefficient (Wildman–Crippen LogP) is 5.88. The van der Waals surface area contributed by atoms with Crippen molar-refractivity contribution in [3.8, 4) is 0 Å². The van der Waals surface area contributed by atoms with E-state index in [1.807, 2.05) is 24.3 Å². The lowest BCUT2D eigenvalue weighted by molar-refractivity contribution is -0.132. The molecule has 1 saturated heterocycles. The molecule has 7 heteroatoms. The Kier molecular flexibility index (Phi) is 5.17.